The topological polar surface area (TPSA) is 113 Å². The lowest BCUT2D eigenvalue weighted by atomic mass is 9.95. The third kappa shape index (κ3) is 5.73. The van der Waals surface area contributed by atoms with Gasteiger partial charge in [-0.15, -0.1) is 0 Å². The number of hydrogen-bond donors (Lipinski definition) is 1. The molecule has 1 fully saturated rings. The molecule has 196 valence electrons. The Morgan fingerprint density at radius 2 is 1.74 bits per heavy atom. The van der Waals surface area contributed by atoms with E-state index >= 15 is 0 Å². The highest BCUT2D eigenvalue weighted by atomic mass is 16.6. The maximum absolute atomic E-state index is 13.1. The van der Waals surface area contributed by atoms with Gasteiger partial charge in [-0.2, -0.15) is 0 Å². The van der Waals surface area contributed by atoms with E-state index in [1.807, 2.05) is 50.2 Å². The Labute approximate surface area is 220 Å². The van der Waals surface area contributed by atoms with Crippen LogP contribution in [0, 0.1) is 17.0 Å². The highest BCUT2D eigenvalue weighted by molar-refractivity contribution is 6.46. The van der Waals surface area contributed by atoms with E-state index in [1.54, 1.807) is 24.3 Å². The number of likely N-dealkylation sites (tertiary alicyclic amines) is 1. The number of nitro groups is 1. The monoisotopic (exact) mass is 515 g/mol. The van der Waals surface area contributed by atoms with E-state index in [-0.39, 0.29) is 23.6 Å². The van der Waals surface area contributed by atoms with Crippen molar-refractivity contribution in [2.24, 2.45) is 0 Å². The van der Waals surface area contributed by atoms with Crippen molar-refractivity contribution in [3.8, 4) is 5.75 Å². The molecule has 0 spiro atoms. The van der Waals surface area contributed by atoms with Gasteiger partial charge < -0.3 is 19.6 Å². The number of carbonyl (C=O) groups is 2. The molecule has 3 aromatic carbocycles. The van der Waals surface area contributed by atoms with Crippen molar-refractivity contribution in [1.82, 2.24) is 9.80 Å². The smallest absolute Gasteiger partial charge is 0.295 e. The zero-order valence-corrected chi connectivity index (χ0v) is 21.5. The highest BCUT2D eigenvalue weighted by Gasteiger charge is 2.46. The van der Waals surface area contributed by atoms with Crippen molar-refractivity contribution in [3.05, 3.63) is 111 Å². The van der Waals surface area contributed by atoms with Crippen molar-refractivity contribution in [2.75, 3.05) is 27.2 Å². The predicted molar refractivity (Wildman–Crippen MR) is 143 cm³/mol. The average Bonchev–Trinajstić information content (AvgIpc) is 3.15. The summed E-state index contributed by atoms with van der Waals surface area (Å²) in [6, 6.07) is 19.4. The predicted octanol–water partition coefficient (Wildman–Crippen LogP) is 4.47. The van der Waals surface area contributed by atoms with Crippen LogP contribution in [0.3, 0.4) is 0 Å². The number of aryl methyl sites for hydroxylation is 1. The largest absolute Gasteiger partial charge is 0.507 e. The van der Waals surface area contributed by atoms with E-state index in [1.165, 1.54) is 29.2 Å². The van der Waals surface area contributed by atoms with Gasteiger partial charge >= 0.3 is 0 Å². The molecule has 1 saturated heterocycles. The first kappa shape index (κ1) is 26.6. The van der Waals surface area contributed by atoms with Crippen molar-refractivity contribution < 1.29 is 24.4 Å². The summed E-state index contributed by atoms with van der Waals surface area (Å²) in [4.78, 5) is 40.0. The third-order valence-corrected chi connectivity index (χ3v) is 6.36. The molecule has 0 saturated carbocycles. The molecule has 1 N–H and O–H groups in total. The Morgan fingerprint density at radius 1 is 1.05 bits per heavy atom. The molecule has 9 nitrogen and oxygen atoms in total. The zero-order valence-electron chi connectivity index (χ0n) is 21.5. The first-order valence-electron chi connectivity index (χ1n) is 12.1. The van der Waals surface area contributed by atoms with Crippen LogP contribution in [0.1, 0.15) is 28.3 Å². The molecule has 1 heterocycles. The summed E-state index contributed by atoms with van der Waals surface area (Å²) in [5, 5.41) is 22.4. The summed E-state index contributed by atoms with van der Waals surface area (Å²) in [6.45, 7) is 3.12. The molecule has 38 heavy (non-hydrogen) atoms. The number of nitro benzene ring substituents is 1. The van der Waals surface area contributed by atoms with Gasteiger partial charge in [0.05, 0.1) is 16.5 Å². The van der Waals surface area contributed by atoms with Crippen molar-refractivity contribution >= 4 is 23.1 Å². The van der Waals surface area contributed by atoms with Crippen LogP contribution in [0.25, 0.3) is 5.76 Å². The summed E-state index contributed by atoms with van der Waals surface area (Å²) in [7, 11) is 3.69. The van der Waals surface area contributed by atoms with Gasteiger partial charge in [-0.3, -0.25) is 19.7 Å². The van der Waals surface area contributed by atoms with Gasteiger partial charge in [0.25, 0.3) is 17.4 Å². The fraction of sp³-hybridized carbons (Fsp3) is 0.241. The SMILES string of the molecule is Cc1cccc(COc2ccc(/C(O)=C3/C(=O)C(=O)N(CCN(C)C)C3c3ccc([N+](=O)[O-])cc3)cc2)c1. The molecule has 0 bridgehead atoms. The molecule has 1 aliphatic heterocycles. The van der Waals surface area contributed by atoms with Gasteiger partial charge in [-0.25, -0.2) is 0 Å². The van der Waals surface area contributed by atoms with E-state index in [9.17, 15) is 24.8 Å². The number of hydrogen-bond acceptors (Lipinski definition) is 7. The molecule has 9 heteroatoms. The third-order valence-electron chi connectivity index (χ3n) is 6.36. The maximum Gasteiger partial charge on any atom is 0.295 e. The van der Waals surface area contributed by atoms with E-state index in [0.29, 0.717) is 30.0 Å². The van der Waals surface area contributed by atoms with Crippen LogP contribution < -0.4 is 4.74 Å². The minimum absolute atomic E-state index is 0.0592. The fourth-order valence-corrected chi connectivity index (χ4v) is 4.38. The zero-order chi connectivity index (χ0) is 27.4. The van der Waals surface area contributed by atoms with Crippen LogP contribution in [0.4, 0.5) is 5.69 Å². The summed E-state index contributed by atoms with van der Waals surface area (Å²) < 4.78 is 5.85. The molecule has 3 aromatic rings. The molecule has 0 radical (unpaired) electrons. The molecular formula is C29H29N3O6. The summed E-state index contributed by atoms with van der Waals surface area (Å²) >= 11 is 0. The Morgan fingerprint density at radius 3 is 2.34 bits per heavy atom. The summed E-state index contributed by atoms with van der Waals surface area (Å²) in [5.74, 6) is -1.26. The summed E-state index contributed by atoms with van der Waals surface area (Å²) in [5.41, 5.74) is 2.84. The molecule has 4 rings (SSSR count). The molecule has 1 aliphatic rings. The lowest BCUT2D eigenvalue weighted by Gasteiger charge is -2.26. The average molecular weight is 516 g/mol. The number of Topliss-reactive ketones (excluding diaryl/α,β-unsaturated/α-hetero) is 1. The van der Waals surface area contributed by atoms with Gasteiger partial charge in [-0.1, -0.05) is 29.8 Å². The van der Waals surface area contributed by atoms with Crippen LogP contribution >= 0.6 is 0 Å². The molecule has 1 unspecified atom stereocenters. The lowest BCUT2D eigenvalue weighted by molar-refractivity contribution is -0.384. The Kier molecular flexibility index (Phi) is 7.87. The number of ether oxygens (including phenoxy) is 1. The normalized spacial score (nSPS) is 16.7. The number of benzene rings is 3. The second-order valence-electron chi connectivity index (χ2n) is 9.45. The lowest BCUT2D eigenvalue weighted by Crippen LogP contribution is -2.35. The first-order chi connectivity index (χ1) is 18.2. The number of amides is 1. The molecular weight excluding hydrogens is 486 g/mol. The maximum atomic E-state index is 13.1. The van der Waals surface area contributed by atoms with Crippen molar-refractivity contribution in [3.63, 3.8) is 0 Å². The van der Waals surface area contributed by atoms with Crippen LogP contribution in [0.15, 0.2) is 78.4 Å². The van der Waals surface area contributed by atoms with Gasteiger partial charge in [-0.05, 0) is 68.5 Å². The van der Waals surface area contributed by atoms with Crippen LogP contribution in [0.5, 0.6) is 5.75 Å². The number of aliphatic hydroxyl groups excluding tert-OH is 1. The first-order valence-corrected chi connectivity index (χ1v) is 12.1. The number of rotatable bonds is 9. The van der Waals surface area contributed by atoms with Crippen molar-refractivity contribution in [1.29, 1.82) is 0 Å². The molecule has 0 aromatic heterocycles. The van der Waals surface area contributed by atoms with Gasteiger partial charge in [0, 0.05) is 30.8 Å². The van der Waals surface area contributed by atoms with Gasteiger partial charge in [0.1, 0.15) is 18.1 Å². The Hall–Kier alpha value is -4.50. The fourth-order valence-electron chi connectivity index (χ4n) is 4.38. The second-order valence-corrected chi connectivity index (χ2v) is 9.45. The van der Waals surface area contributed by atoms with Gasteiger partial charge in [0.15, 0.2) is 0 Å². The van der Waals surface area contributed by atoms with Crippen LogP contribution in [-0.4, -0.2) is 58.7 Å². The van der Waals surface area contributed by atoms with E-state index in [4.69, 9.17) is 4.74 Å². The number of ketones is 1. The number of aliphatic hydroxyl groups is 1. The molecule has 1 amide bonds. The Balaban J connectivity index is 1.66. The standard InChI is InChI=1S/C29H29N3O6/c1-19-5-4-6-20(17-19)18-38-24-13-9-22(10-14-24)27(33)25-26(21-7-11-23(12-8-21)32(36)37)31(16-15-30(2)3)29(35)28(25)34/h4-14,17,26,33H,15-16,18H2,1-3H3/b27-25-. The number of nitrogens with zero attached hydrogens (tertiary/aromatic N) is 3. The van der Waals surface area contributed by atoms with Crippen LogP contribution in [0.2, 0.25) is 0 Å². The van der Waals surface area contributed by atoms with Gasteiger partial charge in [0.2, 0.25) is 0 Å². The Bertz CT molecular complexity index is 1380. The minimum Gasteiger partial charge on any atom is -0.507 e. The second kappa shape index (κ2) is 11.3. The van der Waals surface area contributed by atoms with E-state index < -0.39 is 22.7 Å². The van der Waals surface area contributed by atoms with Crippen molar-refractivity contribution in [2.45, 2.75) is 19.6 Å². The summed E-state index contributed by atoms with van der Waals surface area (Å²) in [6.07, 6.45) is 0. The van der Waals surface area contributed by atoms with E-state index in [2.05, 4.69) is 0 Å². The quantitative estimate of drug-likeness (QED) is 0.147. The van der Waals surface area contributed by atoms with Crippen LogP contribution in [-0.2, 0) is 16.2 Å². The van der Waals surface area contributed by atoms with E-state index in [0.717, 1.165) is 11.1 Å². The number of likely N-dealkylation sites (N-methyl/N-ethyl adjacent to an activating group) is 1. The highest BCUT2D eigenvalue weighted by Crippen LogP contribution is 2.39. The molecule has 0 aliphatic carbocycles. The molecule has 1 atom stereocenters. The number of carbonyl (C=O) groups excluding carboxylic acids is 2. The number of non-ortho nitro benzene ring substituents is 1. The minimum atomic E-state index is -0.881.